The summed E-state index contributed by atoms with van der Waals surface area (Å²) in [5, 5.41) is 4.63. The maximum absolute atomic E-state index is 12.5. The molecule has 1 atom stereocenters. The highest BCUT2D eigenvalue weighted by atomic mass is 28.3. The van der Waals surface area contributed by atoms with Gasteiger partial charge in [0.15, 0.2) is 0 Å². The van der Waals surface area contributed by atoms with Crippen molar-refractivity contribution in [1.82, 2.24) is 14.7 Å². The van der Waals surface area contributed by atoms with Gasteiger partial charge in [0.2, 0.25) is 0 Å². The number of carbonyl (C=O) groups excluding carboxylic acids is 1. The minimum absolute atomic E-state index is 0.250. The minimum atomic E-state index is -1.07. The van der Waals surface area contributed by atoms with Gasteiger partial charge in [-0.25, -0.2) is 4.68 Å². The van der Waals surface area contributed by atoms with Gasteiger partial charge in [-0.3, -0.25) is 4.79 Å². The summed E-state index contributed by atoms with van der Waals surface area (Å²) in [5.74, 6) is 0.250. The number of allylic oxidation sites excluding steroid dienone is 1. The molecule has 0 N–H and O–H groups in total. The second-order valence-electron chi connectivity index (χ2n) is 8.25. The predicted molar refractivity (Wildman–Crippen MR) is 99.7 cm³/mol. The summed E-state index contributed by atoms with van der Waals surface area (Å²) in [6, 6.07) is 3.10. The van der Waals surface area contributed by atoms with Crippen molar-refractivity contribution in [1.29, 1.82) is 0 Å². The van der Waals surface area contributed by atoms with Crippen LogP contribution in [-0.2, 0) is 21.7 Å². The van der Waals surface area contributed by atoms with Crippen LogP contribution in [0.5, 0.6) is 0 Å². The summed E-state index contributed by atoms with van der Waals surface area (Å²) in [7, 11) is 2.91. The molecule has 0 radical (unpaired) electrons. The SMILES string of the molecule is CN(C)C=C1CCC(=O)C1(C)c1ccn(COCC[Si](C)(C)C)n1. The molecular weight excluding hydrogens is 318 g/mol. The quantitative estimate of drug-likeness (QED) is 0.560. The topological polar surface area (TPSA) is 47.4 Å². The molecule has 1 fully saturated rings. The number of Topliss-reactive ketones (excluding diaryl/α,β-unsaturated/α-hetero) is 1. The molecule has 0 aromatic carbocycles. The molecule has 24 heavy (non-hydrogen) atoms. The average Bonchev–Trinajstić information content (AvgIpc) is 3.03. The third kappa shape index (κ3) is 4.36. The highest BCUT2D eigenvalue weighted by Crippen LogP contribution is 2.41. The van der Waals surface area contributed by atoms with Crippen LogP contribution in [0.15, 0.2) is 24.0 Å². The largest absolute Gasteiger partial charge is 0.383 e. The highest BCUT2D eigenvalue weighted by Gasteiger charge is 2.45. The lowest BCUT2D eigenvalue weighted by atomic mass is 9.81. The third-order valence-electron chi connectivity index (χ3n) is 4.61. The number of ether oxygens (including phenoxy) is 1. The van der Waals surface area contributed by atoms with E-state index in [1.165, 1.54) is 0 Å². The Balaban J connectivity index is 2.07. The Morgan fingerprint density at radius 3 is 2.71 bits per heavy atom. The van der Waals surface area contributed by atoms with E-state index in [0.717, 1.165) is 30.3 Å². The zero-order chi connectivity index (χ0) is 18.0. The molecular formula is C18H31N3O2Si. The summed E-state index contributed by atoms with van der Waals surface area (Å²) in [4.78, 5) is 14.5. The van der Waals surface area contributed by atoms with Crippen molar-refractivity contribution in [2.24, 2.45) is 0 Å². The first kappa shape index (κ1) is 18.9. The zero-order valence-electron chi connectivity index (χ0n) is 15.9. The molecule has 1 aliphatic rings. The lowest BCUT2D eigenvalue weighted by Crippen LogP contribution is -2.30. The molecule has 0 bridgehead atoms. The Labute approximate surface area is 146 Å². The molecule has 2 rings (SSSR count). The Kier molecular flexibility index (Phi) is 5.70. The first-order chi connectivity index (χ1) is 11.1. The molecule has 1 unspecified atom stereocenters. The second-order valence-corrected chi connectivity index (χ2v) is 13.9. The fourth-order valence-corrected chi connectivity index (χ4v) is 3.73. The maximum Gasteiger partial charge on any atom is 0.149 e. The Hall–Kier alpha value is -1.40. The van der Waals surface area contributed by atoms with E-state index in [2.05, 4.69) is 30.9 Å². The number of hydrogen-bond acceptors (Lipinski definition) is 4. The van der Waals surface area contributed by atoms with Gasteiger partial charge in [0.05, 0.1) is 11.1 Å². The summed E-state index contributed by atoms with van der Waals surface area (Å²) >= 11 is 0. The van der Waals surface area contributed by atoms with E-state index >= 15 is 0 Å². The number of rotatable bonds is 7. The second kappa shape index (κ2) is 7.23. The number of ketones is 1. The van der Waals surface area contributed by atoms with Crippen molar-refractivity contribution in [3.8, 4) is 0 Å². The van der Waals surface area contributed by atoms with E-state index in [4.69, 9.17) is 4.74 Å². The minimum Gasteiger partial charge on any atom is -0.383 e. The van der Waals surface area contributed by atoms with Crippen molar-refractivity contribution in [2.75, 3.05) is 20.7 Å². The molecule has 1 heterocycles. The van der Waals surface area contributed by atoms with E-state index in [1.807, 2.05) is 38.2 Å². The van der Waals surface area contributed by atoms with Crippen molar-refractivity contribution in [2.45, 2.75) is 57.6 Å². The summed E-state index contributed by atoms with van der Waals surface area (Å²) < 4.78 is 7.55. The summed E-state index contributed by atoms with van der Waals surface area (Å²) in [6.45, 7) is 10.2. The first-order valence-electron chi connectivity index (χ1n) is 8.65. The van der Waals surface area contributed by atoms with Crippen LogP contribution in [0.2, 0.25) is 25.7 Å². The molecule has 1 aliphatic carbocycles. The van der Waals surface area contributed by atoms with Crippen LogP contribution in [0.1, 0.15) is 25.5 Å². The number of carbonyl (C=O) groups is 1. The fraction of sp³-hybridized carbons (Fsp3) is 0.667. The molecule has 0 aliphatic heterocycles. The molecule has 134 valence electrons. The molecule has 6 heteroatoms. The van der Waals surface area contributed by atoms with E-state index in [1.54, 1.807) is 4.68 Å². The zero-order valence-corrected chi connectivity index (χ0v) is 16.9. The van der Waals surface area contributed by atoms with Gasteiger partial charge in [-0.15, -0.1) is 0 Å². The normalized spacial score (nSPS) is 23.2. The van der Waals surface area contributed by atoms with Gasteiger partial charge >= 0.3 is 0 Å². The molecule has 1 aromatic heterocycles. The van der Waals surface area contributed by atoms with E-state index in [9.17, 15) is 4.79 Å². The van der Waals surface area contributed by atoms with Crippen LogP contribution >= 0.6 is 0 Å². The van der Waals surface area contributed by atoms with Crippen molar-refractivity contribution < 1.29 is 9.53 Å². The third-order valence-corrected chi connectivity index (χ3v) is 6.31. The molecule has 1 saturated carbocycles. The summed E-state index contributed by atoms with van der Waals surface area (Å²) in [6.07, 6.45) is 5.38. The standard InChI is InChI=1S/C18H31N3O2Si/c1-18(15(13-20(2)3)7-8-17(18)22)16-9-10-21(19-16)14-23-11-12-24(4,5)6/h9-10,13H,7-8,11-12,14H2,1-6H3. The number of aromatic nitrogens is 2. The molecule has 5 nitrogen and oxygen atoms in total. The maximum atomic E-state index is 12.5. The Bertz CT molecular complexity index is 616. The molecule has 0 saturated heterocycles. The molecule has 1 aromatic rings. The van der Waals surface area contributed by atoms with E-state index in [0.29, 0.717) is 13.2 Å². The van der Waals surface area contributed by atoms with Gasteiger partial charge in [-0.2, -0.15) is 5.10 Å². The van der Waals surface area contributed by atoms with Gasteiger partial charge in [0.1, 0.15) is 12.5 Å². The van der Waals surface area contributed by atoms with E-state index < -0.39 is 13.5 Å². The van der Waals surface area contributed by atoms with Gasteiger partial charge in [0.25, 0.3) is 0 Å². The number of nitrogens with zero attached hydrogens (tertiary/aromatic N) is 3. The van der Waals surface area contributed by atoms with Crippen LogP contribution < -0.4 is 0 Å². The summed E-state index contributed by atoms with van der Waals surface area (Å²) in [5.41, 5.74) is 1.36. The van der Waals surface area contributed by atoms with Gasteiger partial charge in [0, 0.05) is 41.4 Å². The van der Waals surface area contributed by atoms with Crippen LogP contribution in [0, 0.1) is 0 Å². The average molecular weight is 350 g/mol. The van der Waals surface area contributed by atoms with Gasteiger partial charge < -0.3 is 9.64 Å². The van der Waals surface area contributed by atoms with Crippen LogP contribution in [0.25, 0.3) is 0 Å². The highest BCUT2D eigenvalue weighted by molar-refractivity contribution is 6.76. The van der Waals surface area contributed by atoms with Crippen LogP contribution in [0.3, 0.4) is 0 Å². The van der Waals surface area contributed by atoms with Crippen molar-refractivity contribution >= 4 is 13.9 Å². The lowest BCUT2D eigenvalue weighted by molar-refractivity contribution is -0.121. The van der Waals surface area contributed by atoms with Gasteiger partial charge in [-0.1, -0.05) is 19.6 Å². The molecule has 0 spiro atoms. The van der Waals surface area contributed by atoms with Crippen LogP contribution in [-0.4, -0.2) is 49.2 Å². The number of hydrogen-bond donors (Lipinski definition) is 0. The Morgan fingerprint density at radius 1 is 1.38 bits per heavy atom. The van der Waals surface area contributed by atoms with Crippen LogP contribution in [0.4, 0.5) is 0 Å². The van der Waals surface area contributed by atoms with Crippen molar-refractivity contribution in [3.63, 3.8) is 0 Å². The molecule has 0 amide bonds. The lowest BCUT2D eigenvalue weighted by Gasteiger charge is -2.23. The fourth-order valence-electron chi connectivity index (χ4n) is 2.98. The van der Waals surface area contributed by atoms with E-state index in [-0.39, 0.29) is 5.78 Å². The predicted octanol–water partition coefficient (Wildman–Crippen LogP) is 3.26. The smallest absolute Gasteiger partial charge is 0.149 e. The monoisotopic (exact) mass is 349 g/mol. The van der Waals surface area contributed by atoms with Crippen molar-refractivity contribution in [3.05, 3.63) is 29.7 Å². The Morgan fingerprint density at radius 2 is 2.08 bits per heavy atom. The van der Waals surface area contributed by atoms with Gasteiger partial charge in [-0.05, 0) is 37.2 Å². The first-order valence-corrected chi connectivity index (χ1v) is 12.4.